The second-order valence-corrected chi connectivity index (χ2v) is 5.36. The summed E-state index contributed by atoms with van der Waals surface area (Å²) in [6, 6.07) is 7.69. The van der Waals surface area contributed by atoms with Crippen molar-refractivity contribution in [3.8, 4) is 0 Å². The topological polar surface area (TPSA) is 23.6 Å². The van der Waals surface area contributed by atoms with Gasteiger partial charge in [-0.25, -0.2) is 0 Å². The molecule has 1 aliphatic heterocycles. The Hall–Kier alpha value is -1.06. The van der Waals surface area contributed by atoms with E-state index in [4.69, 9.17) is 11.6 Å². The standard InChI is InChI=1S/C15H21ClN2O/c1-3-17(4-2)14-8-9-18(11-14)15(19)12-6-5-7-13(16)10-12/h5-7,10,14H,3-4,8-9,11H2,1-2H3. The number of hydrogen-bond donors (Lipinski definition) is 0. The van der Waals surface area contributed by atoms with Crippen molar-refractivity contribution in [2.75, 3.05) is 26.2 Å². The molecule has 104 valence electrons. The first-order chi connectivity index (χ1) is 9.15. The maximum absolute atomic E-state index is 12.4. The van der Waals surface area contributed by atoms with Crippen LogP contribution >= 0.6 is 11.6 Å². The van der Waals surface area contributed by atoms with Gasteiger partial charge < -0.3 is 4.90 Å². The van der Waals surface area contributed by atoms with Gasteiger partial charge in [-0.1, -0.05) is 31.5 Å². The van der Waals surface area contributed by atoms with E-state index < -0.39 is 0 Å². The van der Waals surface area contributed by atoms with E-state index in [0.717, 1.165) is 32.6 Å². The summed E-state index contributed by atoms with van der Waals surface area (Å²) in [5.74, 6) is 0.0946. The minimum absolute atomic E-state index is 0.0946. The molecule has 1 aromatic carbocycles. The molecule has 0 saturated carbocycles. The summed E-state index contributed by atoms with van der Waals surface area (Å²) in [6.45, 7) is 8.09. The van der Waals surface area contributed by atoms with E-state index >= 15 is 0 Å². The second-order valence-electron chi connectivity index (χ2n) is 4.93. The van der Waals surface area contributed by atoms with Crippen LogP contribution in [-0.2, 0) is 0 Å². The van der Waals surface area contributed by atoms with Crippen LogP contribution in [0.15, 0.2) is 24.3 Å². The van der Waals surface area contributed by atoms with Gasteiger partial charge >= 0.3 is 0 Å². The Labute approximate surface area is 120 Å². The average Bonchev–Trinajstić information content (AvgIpc) is 2.89. The van der Waals surface area contributed by atoms with E-state index in [2.05, 4.69) is 18.7 Å². The molecule has 0 radical (unpaired) electrons. The first-order valence-electron chi connectivity index (χ1n) is 6.94. The van der Waals surface area contributed by atoms with Crippen molar-refractivity contribution in [2.45, 2.75) is 26.3 Å². The zero-order valence-electron chi connectivity index (χ0n) is 11.6. The lowest BCUT2D eigenvalue weighted by atomic mass is 10.2. The van der Waals surface area contributed by atoms with Gasteiger partial charge in [0.2, 0.25) is 0 Å². The fourth-order valence-corrected chi connectivity index (χ4v) is 2.96. The van der Waals surface area contributed by atoms with E-state index in [1.807, 2.05) is 17.0 Å². The van der Waals surface area contributed by atoms with E-state index in [0.29, 0.717) is 16.6 Å². The summed E-state index contributed by atoms with van der Waals surface area (Å²) in [5.41, 5.74) is 0.688. The molecule has 0 N–H and O–H groups in total. The molecule has 19 heavy (non-hydrogen) atoms. The molecule has 0 aromatic heterocycles. The van der Waals surface area contributed by atoms with E-state index in [1.165, 1.54) is 0 Å². The number of halogens is 1. The first kappa shape index (κ1) is 14.4. The molecule has 4 heteroatoms. The fourth-order valence-electron chi connectivity index (χ4n) is 2.77. The van der Waals surface area contributed by atoms with Crippen LogP contribution in [-0.4, -0.2) is 47.9 Å². The Morgan fingerprint density at radius 2 is 2.16 bits per heavy atom. The summed E-state index contributed by atoms with van der Waals surface area (Å²) >= 11 is 5.94. The number of carbonyl (C=O) groups excluding carboxylic acids is 1. The monoisotopic (exact) mass is 280 g/mol. The minimum atomic E-state index is 0.0946. The third-order valence-corrected chi connectivity index (χ3v) is 4.09. The van der Waals surface area contributed by atoms with Crippen molar-refractivity contribution in [1.82, 2.24) is 9.80 Å². The molecular weight excluding hydrogens is 260 g/mol. The quantitative estimate of drug-likeness (QED) is 0.847. The van der Waals surface area contributed by atoms with Gasteiger partial charge in [0.1, 0.15) is 0 Å². The van der Waals surface area contributed by atoms with Crippen LogP contribution in [0.4, 0.5) is 0 Å². The molecule has 0 spiro atoms. The zero-order valence-corrected chi connectivity index (χ0v) is 12.4. The zero-order chi connectivity index (χ0) is 13.8. The Morgan fingerprint density at radius 3 is 2.79 bits per heavy atom. The Bertz CT molecular complexity index is 446. The first-order valence-corrected chi connectivity index (χ1v) is 7.32. The molecule has 1 unspecified atom stereocenters. The second kappa shape index (κ2) is 6.40. The van der Waals surface area contributed by atoms with Gasteiger partial charge in [0, 0.05) is 29.7 Å². The fraction of sp³-hybridized carbons (Fsp3) is 0.533. The Kier molecular flexibility index (Phi) is 4.83. The highest BCUT2D eigenvalue weighted by molar-refractivity contribution is 6.30. The van der Waals surface area contributed by atoms with Crippen LogP contribution in [0.5, 0.6) is 0 Å². The lowest BCUT2D eigenvalue weighted by Crippen LogP contribution is -2.38. The van der Waals surface area contributed by atoms with Crippen molar-refractivity contribution >= 4 is 17.5 Å². The molecule has 1 saturated heterocycles. The minimum Gasteiger partial charge on any atom is -0.337 e. The Balaban J connectivity index is 2.02. The van der Waals surface area contributed by atoms with Crippen LogP contribution in [0, 0.1) is 0 Å². The largest absolute Gasteiger partial charge is 0.337 e. The summed E-state index contributed by atoms with van der Waals surface area (Å²) in [6.07, 6.45) is 1.06. The van der Waals surface area contributed by atoms with Crippen molar-refractivity contribution in [2.24, 2.45) is 0 Å². The molecule has 1 atom stereocenters. The van der Waals surface area contributed by atoms with Gasteiger partial charge in [-0.3, -0.25) is 9.69 Å². The number of hydrogen-bond acceptors (Lipinski definition) is 2. The van der Waals surface area contributed by atoms with Gasteiger partial charge in [-0.05, 0) is 37.7 Å². The SMILES string of the molecule is CCN(CC)C1CCN(C(=O)c2cccc(Cl)c2)C1. The average molecular weight is 281 g/mol. The highest BCUT2D eigenvalue weighted by atomic mass is 35.5. The highest BCUT2D eigenvalue weighted by Gasteiger charge is 2.29. The van der Waals surface area contributed by atoms with Crippen molar-refractivity contribution in [3.63, 3.8) is 0 Å². The number of likely N-dealkylation sites (N-methyl/N-ethyl adjacent to an activating group) is 1. The lowest BCUT2D eigenvalue weighted by Gasteiger charge is -2.26. The van der Waals surface area contributed by atoms with Gasteiger partial charge in [-0.15, -0.1) is 0 Å². The molecule has 0 aliphatic carbocycles. The molecule has 0 bridgehead atoms. The van der Waals surface area contributed by atoms with Crippen molar-refractivity contribution in [1.29, 1.82) is 0 Å². The maximum Gasteiger partial charge on any atom is 0.253 e. The summed E-state index contributed by atoms with van der Waals surface area (Å²) in [5, 5.41) is 0.616. The molecule has 1 amide bonds. The predicted octanol–water partition coefficient (Wildman–Crippen LogP) is 2.90. The summed E-state index contributed by atoms with van der Waals surface area (Å²) in [7, 11) is 0. The van der Waals surface area contributed by atoms with E-state index in [9.17, 15) is 4.79 Å². The van der Waals surface area contributed by atoms with Crippen LogP contribution in [0.25, 0.3) is 0 Å². The number of likely N-dealkylation sites (tertiary alicyclic amines) is 1. The number of rotatable bonds is 4. The number of amides is 1. The third kappa shape index (κ3) is 3.28. The van der Waals surface area contributed by atoms with Crippen LogP contribution < -0.4 is 0 Å². The van der Waals surface area contributed by atoms with Gasteiger partial charge in [-0.2, -0.15) is 0 Å². The van der Waals surface area contributed by atoms with Crippen LogP contribution in [0.2, 0.25) is 5.02 Å². The smallest absolute Gasteiger partial charge is 0.253 e. The highest BCUT2D eigenvalue weighted by Crippen LogP contribution is 2.19. The molecule has 2 rings (SSSR count). The third-order valence-electron chi connectivity index (χ3n) is 3.85. The number of carbonyl (C=O) groups is 1. The van der Waals surface area contributed by atoms with Crippen molar-refractivity contribution in [3.05, 3.63) is 34.9 Å². The molecule has 1 aliphatic rings. The normalized spacial score (nSPS) is 19.2. The van der Waals surface area contributed by atoms with Gasteiger partial charge in [0.15, 0.2) is 0 Å². The molecule has 1 heterocycles. The summed E-state index contributed by atoms with van der Waals surface area (Å²) in [4.78, 5) is 16.8. The van der Waals surface area contributed by atoms with E-state index in [-0.39, 0.29) is 5.91 Å². The molecule has 3 nitrogen and oxygen atoms in total. The molecule has 1 fully saturated rings. The van der Waals surface area contributed by atoms with E-state index in [1.54, 1.807) is 12.1 Å². The number of nitrogens with zero attached hydrogens (tertiary/aromatic N) is 2. The molecular formula is C15H21ClN2O. The van der Waals surface area contributed by atoms with Gasteiger partial charge in [0.05, 0.1) is 0 Å². The molecule has 1 aromatic rings. The predicted molar refractivity (Wildman–Crippen MR) is 78.7 cm³/mol. The lowest BCUT2D eigenvalue weighted by molar-refractivity contribution is 0.0778. The number of benzene rings is 1. The maximum atomic E-state index is 12.4. The Morgan fingerprint density at radius 1 is 1.42 bits per heavy atom. The van der Waals surface area contributed by atoms with Crippen LogP contribution in [0.1, 0.15) is 30.6 Å². The van der Waals surface area contributed by atoms with Gasteiger partial charge in [0.25, 0.3) is 5.91 Å². The van der Waals surface area contributed by atoms with Crippen LogP contribution in [0.3, 0.4) is 0 Å². The summed E-state index contributed by atoms with van der Waals surface area (Å²) < 4.78 is 0. The van der Waals surface area contributed by atoms with Crippen molar-refractivity contribution < 1.29 is 4.79 Å².